The van der Waals surface area contributed by atoms with Gasteiger partial charge >= 0.3 is 0 Å². The van der Waals surface area contributed by atoms with E-state index in [9.17, 15) is 9.90 Å². The minimum Gasteiger partial charge on any atom is -0.391 e. The maximum Gasteiger partial charge on any atom is 0.265 e. The third-order valence-corrected chi connectivity index (χ3v) is 5.09. The maximum atomic E-state index is 12.4. The predicted molar refractivity (Wildman–Crippen MR) is 76.7 cm³/mol. The summed E-state index contributed by atoms with van der Waals surface area (Å²) in [6, 6.07) is 2.01. The summed E-state index contributed by atoms with van der Waals surface area (Å²) in [6.45, 7) is 2.93. The molecule has 0 radical (unpaired) electrons. The third kappa shape index (κ3) is 2.43. The standard InChI is InChI=1S/C13H14N2O2S2/c1-8-11(13(17)15-4-2-10(16)6-15)19-12(14-8)9-3-5-18-7-9/h3,5,7,10,16H,2,4,6H2,1H3. The van der Waals surface area contributed by atoms with Gasteiger partial charge in [0.15, 0.2) is 0 Å². The highest BCUT2D eigenvalue weighted by Gasteiger charge is 2.28. The second-order valence-electron chi connectivity index (χ2n) is 4.64. The lowest BCUT2D eigenvalue weighted by molar-refractivity contribution is 0.0769. The molecule has 4 nitrogen and oxygen atoms in total. The molecule has 3 rings (SSSR count). The number of likely N-dealkylation sites (tertiary alicyclic amines) is 1. The predicted octanol–water partition coefficient (Wildman–Crippen LogP) is 2.39. The van der Waals surface area contributed by atoms with Crippen molar-refractivity contribution in [2.45, 2.75) is 19.4 Å². The Balaban J connectivity index is 1.87. The van der Waals surface area contributed by atoms with Crippen LogP contribution in [0.15, 0.2) is 16.8 Å². The molecule has 0 saturated carbocycles. The zero-order valence-electron chi connectivity index (χ0n) is 10.5. The number of hydrogen-bond acceptors (Lipinski definition) is 5. The van der Waals surface area contributed by atoms with Crippen molar-refractivity contribution < 1.29 is 9.90 Å². The molecule has 1 saturated heterocycles. The van der Waals surface area contributed by atoms with Crippen molar-refractivity contribution in [3.63, 3.8) is 0 Å². The van der Waals surface area contributed by atoms with Gasteiger partial charge in [0, 0.05) is 24.0 Å². The average molecular weight is 294 g/mol. The summed E-state index contributed by atoms with van der Waals surface area (Å²) in [7, 11) is 0. The molecule has 2 aromatic rings. The first kappa shape index (κ1) is 12.8. The van der Waals surface area contributed by atoms with Crippen LogP contribution in [0.2, 0.25) is 0 Å². The van der Waals surface area contributed by atoms with E-state index in [4.69, 9.17) is 0 Å². The van der Waals surface area contributed by atoms with E-state index in [1.54, 1.807) is 16.2 Å². The molecule has 6 heteroatoms. The summed E-state index contributed by atoms with van der Waals surface area (Å²) < 4.78 is 0. The number of rotatable bonds is 2. The highest BCUT2D eigenvalue weighted by atomic mass is 32.1. The molecule has 2 aromatic heterocycles. The Morgan fingerprint density at radius 1 is 1.58 bits per heavy atom. The molecular formula is C13H14N2O2S2. The highest BCUT2D eigenvalue weighted by Crippen LogP contribution is 2.30. The molecule has 1 unspecified atom stereocenters. The Morgan fingerprint density at radius 2 is 2.42 bits per heavy atom. The topological polar surface area (TPSA) is 53.4 Å². The third-order valence-electron chi connectivity index (χ3n) is 3.21. The molecule has 0 aromatic carbocycles. The van der Waals surface area contributed by atoms with Crippen molar-refractivity contribution in [1.29, 1.82) is 0 Å². The van der Waals surface area contributed by atoms with Gasteiger partial charge in [0.05, 0.1) is 11.8 Å². The summed E-state index contributed by atoms with van der Waals surface area (Å²) in [5.74, 6) is -0.00645. The van der Waals surface area contributed by atoms with E-state index < -0.39 is 0 Å². The van der Waals surface area contributed by atoms with Crippen molar-refractivity contribution in [3.05, 3.63) is 27.4 Å². The van der Waals surface area contributed by atoms with Gasteiger partial charge in [-0.25, -0.2) is 4.98 Å². The average Bonchev–Trinajstić information content (AvgIpc) is 3.07. The summed E-state index contributed by atoms with van der Waals surface area (Å²) >= 11 is 3.06. The van der Waals surface area contributed by atoms with Crippen LogP contribution in [0.3, 0.4) is 0 Å². The van der Waals surface area contributed by atoms with Gasteiger partial charge in [-0.15, -0.1) is 11.3 Å². The summed E-state index contributed by atoms with van der Waals surface area (Å²) in [5.41, 5.74) is 1.84. The Kier molecular flexibility index (Phi) is 3.38. The van der Waals surface area contributed by atoms with Crippen LogP contribution in [-0.2, 0) is 0 Å². The first-order chi connectivity index (χ1) is 9.15. The molecule has 0 bridgehead atoms. The Morgan fingerprint density at radius 3 is 3.05 bits per heavy atom. The quantitative estimate of drug-likeness (QED) is 0.925. The zero-order valence-corrected chi connectivity index (χ0v) is 12.1. The molecule has 19 heavy (non-hydrogen) atoms. The highest BCUT2D eigenvalue weighted by molar-refractivity contribution is 7.17. The molecular weight excluding hydrogens is 280 g/mol. The molecule has 1 aliphatic rings. The van der Waals surface area contributed by atoms with Crippen LogP contribution in [0.5, 0.6) is 0 Å². The molecule has 1 amide bonds. The minimum absolute atomic E-state index is 0.00645. The molecule has 0 spiro atoms. The number of aliphatic hydroxyl groups is 1. The largest absolute Gasteiger partial charge is 0.391 e. The molecule has 1 fully saturated rings. The number of carbonyl (C=O) groups is 1. The van der Waals surface area contributed by atoms with Crippen LogP contribution >= 0.6 is 22.7 Å². The molecule has 1 atom stereocenters. The van der Waals surface area contributed by atoms with E-state index >= 15 is 0 Å². The van der Waals surface area contributed by atoms with E-state index in [0.29, 0.717) is 24.4 Å². The van der Waals surface area contributed by atoms with Crippen LogP contribution in [-0.4, -0.2) is 40.1 Å². The van der Waals surface area contributed by atoms with Crippen LogP contribution in [0.1, 0.15) is 21.8 Å². The summed E-state index contributed by atoms with van der Waals surface area (Å²) in [6.07, 6.45) is 0.287. The zero-order chi connectivity index (χ0) is 13.4. The SMILES string of the molecule is Cc1nc(-c2ccsc2)sc1C(=O)N1CCC(O)C1. The van der Waals surface area contributed by atoms with Crippen LogP contribution in [0.25, 0.3) is 10.6 Å². The van der Waals surface area contributed by atoms with Gasteiger partial charge < -0.3 is 10.0 Å². The van der Waals surface area contributed by atoms with Gasteiger partial charge in [-0.1, -0.05) is 0 Å². The molecule has 1 aliphatic heterocycles. The Hall–Kier alpha value is -1.24. The summed E-state index contributed by atoms with van der Waals surface area (Å²) in [4.78, 5) is 19.3. The van der Waals surface area contributed by atoms with Gasteiger partial charge in [-0.2, -0.15) is 11.3 Å². The number of thiophene rings is 1. The van der Waals surface area contributed by atoms with E-state index in [-0.39, 0.29) is 12.0 Å². The van der Waals surface area contributed by atoms with Gasteiger partial charge in [0.25, 0.3) is 5.91 Å². The van der Waals surface area contributed by atoms with Crippen molar-refractivity contribution in [2.75, 3.05) is 13.1 Å². The van der Waals surface area contributed by atoms with E-state index in [2.05, 4.69) is 4.98 Å². The van der Waals surface area contributed by atoms with Crippen molar-refractivity contribution >= 4 is 28.6 Å². The molecule has 100 valence electrons. The normalized spacial score (nSPS) is 19.1. The number of aryl methyl sites for hydroxylation is 1. The fourth-order valence-electron chi connectivity index (χ4n) is 2.17. The number of thiazole rings is 1. The minimum atomic E-state index is -0.381. The first-order valence-corrected chi connectivity index (χ1v) is 7.88. The first-order valence-electron chi connectivity index (χ1n) is 6.12. The van der Waals surface area contributed by atoms with Gasteiger partial charge in [0.1, 0.15) is 9.88 Å². The number of aromatic nitrogens is 1. The van der Waals surface area contributed by atoms with Gasteiger partial charge in [-0.05, 0) is 24.8 Å². The lowest BCUT2D eigenvalue weighted by Gasteiger charge is -2.14. The van der Waals surface area contributed by atoms with E-state index in [1.165, 1.54) is 11.3 Å². The Labute approximate surface area is 119 Å². The van der Waals surface area contributed by atoms with Crippen LogP contribution in [0, 0.1) is 6.92 Å². The van der Waals surface area contributed by atoms with Crippen LogP contribution in [0.4, 0.5) is 0 Å². The van der Waals surface area contributed by atoms with E-state index in [0.717, 1.165) is 16.3 Å². The monoisotopic (exact) mass is 294 g/mol. The van der Waals surface area contributed by atoms with Gasteiger partial charge in [-0.3, -0.25) is 4.79 Å². The van der Waals surface area contributed by atoms with Crippen molar-refractivity contribution in [1.82, 2.24) is 9.88 Å². The number of aliphatic hydroxyl groups excluding tert-OH is 1. The number of β-amino-alcohol motifs (C(OH)–C–C–N with tert-alkyl or cyclic N) is 1. The fourth-order valence-corrected chi connectivity index (χ4v) is 3.92. The lowest BCUT2D eigenvalue weighted by atomic mass is 10.3. The second-order valence-corrected chi connectivity index (χ2v) is 6.42. The lowest BCUT2D eigenvalue weighted by Crippen LogP contribution is -2.29. The molecule has 3 heterocycles. The molecule has 1 N–H and O–H groups in total. The number of carbonyl (C=O) groups excluding carboxylic acids is 1. The van der Waals surface area contributed by atoms with E-state index in [1.807, 2.05) is 23.8 Å². The van der Waals surface area contributed by atoms with Crippen molar-refractivity contribution in [3.8, 4) is 10.6 Å². The van der Waals surface area contributed by atoms with Crippen molar-refractivity contribution in [2.24, 2.45) is 0 Å². The number of amides is 1. The Bertz CT molecular complexity index is 592. The smallest absolute Gasteiger partial charge is 0.265 e. The summed E-state index contributed by atoms with van der Waals surface area (Å²) in [5, 5.41) is 14.4. The number of hydrogen-bond donors (Lipinski definition) is 1. The maximum absolute atomic E-state index is 12.4. The second kappa shape index (κ2) is 5.03. The number of nitrogens with zero attached hydrogens (tertiary/aromatic N) is 2. The van der Waals surface area contributed by atoms with Crippen LogP contribution < -0.4 is 0 Å². The fraction of sp³-hybridized carbons (Fsp3) is 0.385. The van der Waals surface area contributed by atoms with Gasteiger partial charge in [0.2, 0.25) is 0 Å². The molecule has 0 aliphatic carbocycles.